The van der Waals surface area contributed by atoms with Gasteiger partial charge in [0.15, 0.2) is 0 Å². The van der Waals surface area contributed by atoms with E-state index in [-0.39, 0.29) is 0 Å². The molecule has 1 fully saturated rings. The van der Waals surface area contributed by atoms with Gasteiger partial charge in [-0.15, -0.1) is 0 Å². The Balaban J connectivity index is 2.17. The molecule has 0 saturated carbocycles. The maximum atomic E-state index is 6.19. The Hall–Kier alpha value is -0.860. The summed E-state index contributed by atoms with van der Waals surface area (Å²) in [5.41, 5.74) is 7.56. The second-order valence-electron chi connectivity index (χ2n) is 4.34. The Kier molecular flexibility index (Phi) is 3.39. The average molecular weight is 204 g/mol. The van der Waals surface area contributed by atoms with Crippen molar-refractivity contribution in [3.63, 3.8) is 0 Å². The molecule has 2 N–H and O–H groups in total. The van der Waals surface area contributed by atoms with Crippen LogP contribution in [0.15, 0.2) is 30.3 Å². The molecule has 1 aromatic rings. The van der Waals surface area contributed by atoms with Crippen LogP contribution >= 0.6 is 0 Å². The van der Waals surface area contributed by atoms with Gasteiger partial charge < -0.3 is 5.73 Å². The molecule has 1 aliphatic heterocycles. The summed E-state index contributed by atoms with van der Waals surface area (Å²) in [6, 6.07) is 11.4. The molecule has 2 atom stereocenters. The number of nitrogens with zero attached hydrogens (tertiary/aromatic N) is 1. The van der Waals surface area contributed by atoms with Crippen molar-refractivity contribution in [2.45, 2.75) is 31.8 Å². The second kappa shape index (κ2) is 4.77. The van der Waals surface area contributed by atoms with Crippen molar-refractivity contribution in [2.24, 2.45) is 5.73 Å². The van der Waals surface area contributed by atoms with E-state index < -0.39 is 0 Å². The molecule has 2 heteroatoms. The number of hydrogen-bond acceptors (Lipinski definition) is 2. The summed E-state index contributed by atoms with van der Waals surface area (Å²) in [6.45, 7) is 4.54. The van der Waals surface area contributed by atoms with Gasteiger partial charge in [-0.2, -0.15) is 0 Å². The molecular formula is C13H20N2. The molecule has 1 heterocycles. The zero-order chi connectivity index (χ0) is 10.7. The molecule has 0 radical (unpaired) electrons. The first kappa shape index (κ1) is 10.7. The molecule has 1 saturated heterocycles. The maximum Gasteiger partial charge on any atom is 0.0499 e. The summed E-state index contributed by atoms with van der Waals surface area (Å²) < 4.78 is 0. The van der Waals surface area contributed by atoms with Crippen molar-refractivity contribution < 1.29 is 0 Å². The van der Waals surface area contributed by atoms with Crippen molar-refractivity contribution >= 4 is 0 Å². The number of rotatable bonds is 3. The first-order valence-corrected chi connectivity index (χ1v) is 5.87. The monoisotopic (exact) mass is 204 g/mol. The van der Waals surface area contributed by atoms with E-state index in [1.165, 1.54) is 12.0 Å². The van der Waals surface area contributed by atoms with E-state index in [1.54, 1.807) is 0 Å². The van der Waals surface area contributed by atoms with Crippen LogP contribution in [0.3, 0.4) is 0 Å². The van der Waals surface area contributed by atoms with Crippen molar-refractivity contribution in [3.8, 4) is 0 Å². The van der Waals surface area contributed by atoms with Crippen molar-refractivity contribution in [1.29, 1.82) is 0 Å². The van der Waals surface area contributed by atoms with Gasteiger partial charge in [0.1, 0.15) is 0 Å². The predicted octanol–water partition coefficient (Wildman–Crippen LogP) is 2.17. The van der Waals surface area contributed by atoms with E-state index >= 15 is 0 Å². The molecule has 2 rings (SSSR count). The maximum absolute atomic E-state index is 6.19. The van der Waals surface area contributed by atoms with Crippen molar-refractivity contribution in [1.82, 2.24) is 4.90 Å². The SMILES string of the molecule is CCCN1CC[C@H](N)[C@H]1c1ccccc1. The summed E-state index contributed by atoms with van der Waals surface area (Å²) in [4.78, 5) is 2.51. The number of likely N-dealkylation sites (tertiary alicyclic amines) is 1. The second-order valence-corrected chi connectivity index (χ2v) is 4.34. The minimum absolute atomic E-state index is 0.305. The molecule has 0 aromatic heterocycles. The lowest BCUT2D eigenvalue weighted by Crippen LogP contribution is -2.32. The molecule has 1 aliphatic rings. The minimum atomic E-state index is 0.305. The fourth-order valence-electron chi connectivity index (χ4n) is 2.53. The summed E-state index contributed by atoms with van der Waals surface area (Å²) in [7, 11) is 0. The van der Waals surface area contributed by atoms with Crippen molar-refractivity contribution in [2.75, 3.05) is 13.1 Å². The van der Waals surface area contributed by atoms with Gasteiger partial charge in [0, 0.05) is 18.6 Å². The fourth-order valence-corrected chi connectivity index (χ4v) is 2.53. The first-order chi connectivity index (χ1) is 7.33. The predicted molar refractivity (Wildman–Crippen MR) is 63.6 cm³/mol. The standard InChI is InChI=1S/C13H20N2/c1-2-9-15-10-8-12(14)13(15)11-6-4-3-5-7-11/h3-7,12-13H,2,8-10,14H2,1H3/t12-,13+/m0/s1. The van der Waals surface area contributed by atoms with Crippen LogP contribution in [0, 0.1) is 0 Å². The van der Waals surface area contributed by atoms with Gasteiger partial charge >= 0.3 is 0 Å². The van der Waals surface area contributed by atoms with Crippen LogP contribution in [0.25, 0.3) is 0 Å². The van der Waals surface area contributed by atoms with Gasteiger partial charge in [0.05, 0.1) is 0 Å². The third-order valence-corrected chi connectivity index (χ3v) is 3.20. The van der Waals surface area contributed by atoms with E-state index in [0.717, 1.165) is 19.5 Å². The van der Waals surface area contributed by atoms with Crippen LogP contribution in [0.4, 0.5) is 0 Å². The third-order valence-electron chi connectivity index (χ3n) is 3.20. The number of hydrogen-bond donors (Lipinski definition) is 1. The summed E-state index contributed by atoms with van der Waals surface area (Å²) in [5, 5.41) is 0. The molecule has 0 bridgehead atoms. The Morgan fingerprint density at radius 1 is 1.33 bits per heavy atom. The molecule has 82 valence electrons. The smallest absolute Gasteiger partial charge is 0.0499 e. The highest BCUT2D eigenvalue weighted by Gasteiger charge is 2.31. The van der Waals surface area contributed by atoms with Gasteiger partial charge in [-0.25, -0.2) is 0 Å². The van der Waals surface area contributed by atoms with Crippen LogP contribution in [0.2, 0.25) is 0 Å². The molecule has 2 nitrogen and oxygen atoms in total. The van der Waals surface area contributed by atoms with E-state index in [1.807, 2.05) is 0 Å². The highest BCUT2D eigenvalue weighted by atomic mass is 15.2. The highest BCUT2D eigenvalue weighted by molar-refractivity contribution is 5.22. The normalized spacial score (nSPS) is 27.1. The molecule has 15 heavy (non-hydrogen) atoms. The Morgan fingerprint density at radius 3 is 2.73 bits per heavy atom. The van der Waals surface area contributed by atoms with Crippen LogP contribution < -0.4 is 5.73 Å². The lowest BCUT2D eigenvalue weighted by Gasteiger charge is -2.26. The van der Waals surface area contributed by atoms with Crippen LogP contribution in [-0.2, 0) is 0 Å². The molecule has 0 aliphatic carbocycles. The van der Waals surface area contributed by atoms with Crippen LogP contribution in [-0.4, -0.2) is 24.0 Å². The Bertz CT molecular complexity index is 295. The number of benzene rings is 1. The number of nitrogens with two attached hydrogens (primary N) is 1. The minimum Gasteiger partial charge on any atom is -0.326 e. The van der Waals surface area contributed by atoms with Gasteiger partial charge in [0.2, 0.25) is 0 Å². The summed E-state index contributed by atoms with van der Waals surface area (Å²) >= 11 is 0. The quantitative estimate of drug-likeness (QED) is 0.817. The topological polar surface area (TPSA) is 29.3 Å². The van der Waals surface area contributed by atoms with Gasteiger partial charge in [-0.05, 0) is 24.9 Å². The zero-order valence-corrected chi connectivity index (χ0v) is 9.39. The van der Waals surface area contributed by atoms with Gasteiger partial charge in [0.25, 0.3) is 0 Å². The molecule has 0 spiro atoms. The molecule has 0 amide bonds. The zero-order valence-electron chi connectivity index (χ0n) is 9.39. The molecular weight excluding hydrogens is 184 g/mol. The van der Waals surface area contributed by atoms with Crippen LogP contribution in [0.5, 0.6) is 0 Å². The lowest BCUT2D eigenvalue weighted by molar-refractivity contribution is 0.248. The van der Waals surface area contributed by atoms with Crippen molar-refractivity contribution in [3.05, 3.63) is 35.9 Å². The fraction of sp³-hybridized carbons (Fsp3) is 0.538. The average Bonchev–Trinajstić information content (AvgIpc) is 2.62. The largest absolute Gasteiger partial charge is 0.326 e. The van der Waals surface area contributed by atoms with E-state index in [4.69, 9.17) is 5.73 Å². The van der Waals surface area contributed by atoms with Crippen LogP contribution in [0.1, 0.15) is 31.4 Å². The third kappa shape index (κ3) is 2.21. The Morgan fingerprint density at radius 2 is 2.07 bits per heavy atom. The van der Waals surface area contributed by atoms with Gasteiger partial charge in [-0.1, -0.05) is 37.3 Å². The lowest BCUT2D eigenvalue weighted by atomic mass is 10.0. The van der Waals surface area contributed by atoms with E-state index in [2.05, 4.69) is 42.2 Å². The highest BCUT2D eigenvalue weighted by Crippen LogP contribution is 2.30. The van der Waals surface area contributed by atoms with E-state index in [0.29, 0.717) is 12.1 Å². The van der Waals surface area contributed by atoms with Gasteiger partial charge in [-0.3, -0.25) is 4.90 Å². The summed E-state index contributed by atoms with van der Waals surface area (Å²) in [6.07, 6.45) is 2.33. The summed E-state index contributed by atoms with van der Waals surface area (Å²) in [5.74, 6) is 0. The van der Waals surface area contributed by atoms with E-state index in [9.17, 15) is 0 Å². The Labute approximate surface area is 92.1 Å². The molecule has 0 unspecified atom stereocenters. The molecule has 1 aromatic carbocycles. The first-order valence-electron chi connectivity index (χ1n) is 5.87.